The van der Waals surface area contributed by atoms with Gasteiger partial charge in [-0.05, 0) is 106 Å². The Kier molecular flexibility index (Phi) is 8.52. The van der Waals surface area contributed by atoms with E-state index in [0.29, 0.717) is 65.8 Å². The van der Waals surface area contributed by atoms with Crippen LogP contribution in [0.2, 0.25) is 0 Å². The molecule has 1 unspecified atom stereocenters. The van der Waals surface area contributed by atoms with E-state index in [9.17, 15) is 9.59 Å². The molecule has 2 N–H and O–H groups in total. The predicted octanol–water partition coefficient (Wildman–Crippen LogP) is 6.34. The van der Waals surface area contributed by atoms with Crippen LogP contribution in [0.15, 0.2) is 30.5 Å². The average Bonchev–Trinajstić information content (AvgIpc) is 3.70. The highest BCUT2D eigenvalue weighted by Crippen LogP contribution is 2.41. The van der Waals surface area contributed by atoms with Crippen molar-refractivity contribution < 1.29 is 32.6 Å². The summed E-state index contributed by atoms with van der Waals surface area (Å²) in [7, 11) is 1.24. The Bertz CT molecular complexity index is 2040. The number of amides is 2. The minimum absolute atomic E-state index is 0.00796. The van der Waals surface area contributed by atoms with Crippen LogP contribution in [-0.4, -0.2) is 89.6 Å². The zero-order chi connectivity index (χ0) is 35.3. The van der Waals surface area contributed by atoms with Crippen LogP contribution >= 0.6 is 0 Å². The third-order valence-electron chi connectivity index (χ3n) is 11.0. The summed E-state index contributed by atoms with van der Waals surface area (Å²) in [4.78, 5) is 44.0. The Morgan fingerprint density at radius 3 is 2.69 bits per heavy atom. The van der Waals surface area contributed by atoms with Gasteiger partial charge in [0.05, 0.1) is 30.2 Å². The number of rotatable bonds is 4. The van der Waals surface area contributed by atoms with E-state index in [0.717, 1.165) is 45.2 Å². The molecule has 14 heteroatoms. The van der Waals surface area contributed by atoms with Crippen LogP contribution in [0.1, 0.15) is 57.4 Å². The lowest BCUT2D eigenvalue weighted by Crippen LogP contribution is -2.57. The number of hydrogen-bond acceptors (Lipinski definition) is 10. The molecule has 0 radical (unpaired) electrons. The second kappa shape index (κ2) is 13.0. The highest BCUT2D eigenvalue weighted by atomic mass is 19.1. The number of benzene rings is 2. The smallest absolute Gasteiger partial charge is 0.411 e. The first kappa shape index (κ1) is 33.3. The van der Waals surface area contributed by atoms with Gasteiger partial charge in [0.1, 0.15) is 29.5 Å². The van der Waals surface area contributed by atoms with Crippen LogP contribution in [0.3, 0.4) is 0 Å². The number of halogens is 2. The molecule has 2 aromatic heterocycles. The third kappa shape index (κ3) is 6.13. The van der Waals surface area contributed by atoms with E-state index in [1.54, 1.807) is 18.2 Å². The van der Waals surface area contributed by atoms with Gasteiger partial charge in [0.25, 0.3) is 0 Å². The number of pyridine rings is 1. The molecule has 3 saturated heterocycles. The Morgan fingerprint density at radius 1 is 1.08 bits per heavy atom. The number of alkyl carbamates (subject to hydrolysis) is 1. The first-order valence-corrected chi connectivity index (χ1v) is 17.7. The summed E-state index contributed by atoms with van der Waals surface area (Å²) in [5.41, 5.74) is 0.0564. The van der Waals surface area contributed by atoms with Gasteiger partial charge in [0, 0.05) is 30.5 Å². The predicted molar refractivity (Wildman–Crippen MR) is 187 cm³/mol. The molecule has 5 aliphatic rings. The topological polar surface area (TPSA) is 131 Å². The largest absolute Gasteiger partial charge is 0.461 e. The fraction of sp³-hybridized carbons (Fsp3) is 0.486. The van der Waals surface area contributed by atoms with Crippen LogP contribution in [0.25, 0.3) is 32.9 Å². The van der Waals surface area contributed by atoms with Crippen LogP contribution in [0.5, 0.6) is 6.01 Å². The normalized spacial score (nSPS) is 21.7. The first-order valence-electron chi connectivity index (χ1n) is 17.7. The fourth-order valence-electron chi connectivity index (χ4n) is 8.58. The molecule has 2 amide bonds. The highest BCUT2D eigenvalue weighted by molar-refractivity contribution is 6.04. The van der Waals surface area contributed by atoms with Crippen LogP contribution in [0, 0.1) is 11.6 Å². The molecule has 0 spiro atoms. The molecule has 2 aromatic carbocycles. The van der Waals surface area contributed by atoms with Gasteiger partial charge >= 0.3 is 18.2 Å². The van der Waals surface area contributed by atoms with Crippen LogP contribution in [0.4, 0.5) is 29.9 Å². The summed E-state index contributed by atoms with van der Waals surface area (Å²) in [5, 5.41) is 7.04. The van der Waals surface area contributed by atoms with Gasteiger partial charge in [0.2, 0.25) is 0 Å². The molecule has 0 aliphatic carbocycles. The van der Waals surface area contributed by atoms with Crippen molar-refractivity contribution in [2.75, 3.05) is 56.7 Å². The summed E-state index contributed by atoms with van der Waals surface area (Å²) in [5.74, 6) is -0.777. The molecule has 268 valence electrons. The Labute approximate surface area is 293 Å². The Hall–Kier alpha value is -4.85. The zero-order valence-electron chi connectivity index (χ0n) is 28.8. The molecular formula is C37H41F2N7O5. The van der Waals surface area contributed by atoms with Crippen molar-refractivity contribution in [1.82, 2.24) is 25.2 Å². The van der Waals surface area contributed by atoms with Crippen molar-refractivity contribution in [2.45, 2.75) is 69.4 Å². The number of methoxy groups -OCH3 is 1. The maximum atomic E-state index is 17.3. The number of ether oxygens (including phenoxy) is 3. The number of piperidine rings is 1. The van der Waals surface area contributed by atoms with Gasteiger partial charge in [-0.25, -0.2) is 18.4 Å². The van der Waals surface area contributed by atoms with Gasteiger partial charge in [0.15, 0.2) is 5.82 Å². The van der Waals surface area contributed by atoms with E-state index in [2.05, 4.69) is 25.5 Å². The second-order valence-corrected chi connectivity index (χ2v) is 14.4. The van der Waals surface area contributed by atoms with Crippen molar-refractivity contribution in [2.24, 2.45) is 0 Å². The van der Waals surface area contributed by atoms with Crippen molar-refractivity contribution >= 4 is 45.4 Å². The first-order chi connectivity index (χ1) is 24.6. The highest BCUT2D eigenvalue weighted by Gasteiger charge is 2.45. The lowest BCUT2D eigenvalue weighted by atomic mass is 9.91. The van der Waals surface area contributed by atoms with E-state index in [4.69, 9.17) is 19.2 Å². The minimum Gasteiger partial charge on any atom is -0.461 e. The second-order valence-electron chi connectivity index (χ2n) is 14.4. The molecule has 12 nitrogen and oxygen atoms in total. The quantitative estimate of drug-likeness (QED) is 0.249. The molecule has 1 atom stereocenters. The third-order valence-corrected chi connectivity index (χ3v) is 11.0. The molecule has 51 heavy (non-hydrogen) atoms. The molecule has 9 rings (SSSR count). The number of carbonyl (C=O) groups excluding carboxylic acids is 2. The molecule has 0 saturated carbocycles. The summed E-state index contributed by atoms with van der Waals surface area (Å²) >= 11 is 0. The van der Waals surface area contributed by atoms with Gasteiger partial charge in [-0.15, -0.1) is 0 Å². The summed E-state index contributed by atoms with van der Waals surface area (Å²) < 4.78 is 49.7. The fourth-order valence-corrected chi connectivity index (χ4v) is 8.58. The maximum Gasteiger partial charge on any atom is 0.411 e. The van der Waals surface area contributed by atoms with Crippen molar-refractivity contribution in [3.8, 4) is 17.3 Å². The van der Waals surface area contributed by atoms with Crippen molar-refractivity contribution in [3.63, 3.8) is 0 Å². The van der Waals surface area contributed by atoms with Crippen LogP contribution in [-0.2, 0) is 15.9 Å². The van der Waals surface area contributed by atoms with E-state index in [1.807, 2.05) is 11.8 Å². The summed E-state index contributed by atoms with van der Waals surface area (Å²) in [6.45, 7) is 5.42. The van der Waals surface area contributed by atoms with E-state index >= 15 is 8.78 Å². The van der Waals surface area contributed by atoms with Crippen LogP contribution < -0.4 is 20.3 Å². The molecule has 6 bridgehead atoms. The standard InChI is InChI=1S/C37H41F2N7O5/c1-36-10-4-13-45(20-36)32-26-19-40-30(29(39)31(26)42-33(43-32)51-21-37-11-5-14-46(37)15-6-12-37)25-18-23(41-34(47)49-2)17-22-8-9-27(38)24(28(22)25)7-3-16-50-35(48)44-36/h8-9,17-19H,3-7,10-16,20-21H2,1-2H3,(H,41,47)(H,44,48). The van der Waals surface area contributed by atoms with Crippen molar-refractivity contribution in [3.05, 3.63) is 47.7 Å². The minimum atomic E-state index is -0.727. The number of fused-ring (bicyclic) bond motifs is 7. The van der Waals surface area contributed by atoms with Crippen molar-refractivity contribution in [1.29, 1.82) is 0 Å². The SMILES string of the molecule is COC(=O)Nc1cc2c3c(c(F)ccc3c1)CCCOC(=O)NC1(C)CCCN(C1)c1nc(OCC34CCCN3CCC4)nc3c(F)c-2ncc13. The maximum absolute atomic E-state index is 17.3. The summed E-state index contributed by atoms with van der Waals surface area (Å²) in [6.07, 6.45) is 6.43. The Balaban J connectivity index is 1.33. The summed E-state index contributed by atoms with van der Waals surface area (Å²) in [6, 6.07) is 6.18. The number of aryl methyl sites for hydroxylation is 1. The van der Waals surface area contributed by atoms with E-state index in [1.165, 1.54) is 19.4 Å². The molecule has 3 fully saturated rings. The van der Waals surface area contributed by atoms with Gasteiger partial charge in [-0.3, -0.25) is 15.2 Å². The molecule has 5 aliphatic heterocycles. The number of nitrogens with one attached hydrogen (secondary N) is 2. The lowest BCUT2D eigenvalue weighted by molar-refractivity contribution is 0.107. The average molecular weight is 702 g/mol. The molecule has 7 heterocycles. The van der Waals surface area contributed by atoms with E-state index in [-0.39, 0.29) is 41.4 Å². The zero-order valence-corrected chi connectivity index (χ0v) is 28.8. The lowest BCUT2D eigenvalue weighted by Gasteiger charge is -2.41. The number of hydrogen-bond donors (Lipinski definition) is 2. The number of aromatic nitrogens is 3. The van der Waals surface area contributed by atoms with Gasteiger partial charge < -0.3 is 24.4 Å². The van der Waals surface area contributed by atoms with Gasteiger partial charge in [-0.1, -0.05) is 6.07 Å². The van der Waals surface area contributed by atoms with E-state index < -0.39 is 29.4 Å². The Morgan fingerprint density at radius 2 is 1.88 bits per heavy atom. The number of anilines is 2. The number of nitrogens with zero attached hydrogens (tertiary/aromatic N) is 5. The monoisotopic (exact) mass is 701 g/mol. The number of carbonyl (C=O) groups is 2. The molecule has 4 aromatic rings. The molecular weight excluding hydrogens is 660 g/mol. The van der Waals surface area contributed by atoms with Gasteiger partial charge in [-0.2, -0.15) is 9.97 Å².